The van der Waals surface area contributed by atoms with E-state index in [-0.39, 0.29) is 5.57 Å². The number of hydrogen-bond donors (Lipinski definition) is 3. The predicted octanol–water partition coefficient (Wildman–Crippen LogP) is 1.72. The van der Waals surface area contributed by atoms with Crippen LogP contribution in [-0.4, -0.2) is 27.1 Å². The molecule has 1 aromatic carbocycles. The quantitative estimate of drug-likeness (QED) is 0.701. The van der Waals surface area contributed by atoms with E-state index in [1.54, 1.807) is 18.2 Å². The van der Waals surface area contributed by atoms with Crippen molar-refractivity contribution in [3.63, 3.8) is 0 Å². The molecule has 1 aromatic heterocycles. The van der Waals surface area contributed by atoms with Gasteiger partial charge in [-0.25, -0.2) is 9.59 Å². The first-order chi connectivity index (χ1) is 8.09. The Kier molecular flexibility index (Phi) is 2.66. The minimum Gasteiger partial charge on any atom is -0.478 e. The lowest BCUT2D eigenvalue weighted by Gasteiger charge is -1.99. The topological polar surface area (TPSA) is 90.4 Å². The second-order valence-electron chi connectivity index (χ2n) is 3.45. The lowest BCUT2D eigenvalue weighted by atomic mass is 10.0. The van der Waals surface area contributed by atoms with Gasteiger partial charge in [0.15, 0.2) is 0 Å². The number of carbonyl (C=O) groups is 2. The number of nitrogens with one attached hydrogen (secondary N) is 1. The Hall–Kier alpha value is -2.56. The SMILES string of the molecule is O=C(O)/C=C(\C(=O)O)c1c[nH]c2ccccc12. The molecule has 1 heterocycles. The molecule has 17 heavy (non-hydrogen) atoms. The molecule has 0 radical (unpaired) electrons. The fraction of sp³-hybridized carbons (Fsp3) is 0. The van der Waals surface area contributed by atoms with Crippen molar-refractivity contribution in [2.45, 2.75) is 0 Å². The van der Waals surface area contributed by atoms with E-state index in [1.165, 1.54) is 6.20 Å². The number of aromatic nitrogens is 1. The van der Waals surface area contributed by atoms with Gasteiger partial charge in [0.2, 0.25) is 0 Å². The van der Waals surface area contributed by atoms with Crippen LogP contribution >= 0.6 is 0 Å². The maximum Gasteiger partial charge on any atom is 0.336 e. The highest BCUT2D eigenvalue weighted by Gasteiger charge is 2.16. The predicted molar refractivity (Wildman–Crippen MR) is 61.5 cm³/mol. The monoisotopic (exact) mass is 231 g/mol. The zero-order valence-electron chi connectivity index (χ0n) is 8.68. The molecule has 0 fully saturated rings. The average Bonchev–Trinajstić information content (AvgIpc) is 2.69. The van der Waals surface area contributed by atoms with Crippen LogP contribution in [0.2, 0.25) is 0 Å². The van der Waals surface area contributed by atoms with E-state index in [1.807, 2.05) is 6.07 Å². The molecule has 0 unspecified atom stereocenters. The lowest BCUT2D eigenvalue weighted by Crippen LogP contribution is -2.02. The summed E-state index contributed by atoms with van der Waals surface area (Å²) < 4.78 is 0. The summed E-state index contributed by atoms with van der Waals surface area (Å²) in [6.07, 6.45) is 2.19. The normalized spacial score (nSPS) is 11.6. The largest absolute Gasteiger partial charge is 0.478 e. The van der Waals surface area contributed by atoms with Gasteiger partial charge in [-0.1, -0.05) is 18.2 Å². The number of para-hydroxylation sites is 1. The second kappa shape index (κ2) is 4.13. The molecule has 0 amide bonds. The highest BCUT2D eigenvalue weighted by atomic mass is 16.4. The molecule has 0 aliphatic heterocycles. The molecule has 0 aliphatic rings. The number of H-pyrrole nitrogens is 1. The van der Waals surface area contributed by atoms with Gasteiger partial charge in [0.1, 0.15) is 0 Å². The second-order valence-corrected chi connectivity index (χ2v) is 3.45. The van der Waals surface area contributed by atoms with Crippen molar-refractivity contribution in [1.29, 1.82) is 0 Å². The summed E-state index contributed by atoms with van der Waals surface area (Å²) >= 11 is 0. The molecule has 2 aromatic rings. The maximum atomic E-state index is 11.0. The van der Waals surface area contributed by atoms with Crippen LogP contribution in [0.3, 0.4) is 0 Å². The molecule has 5 heteroatoms. The molecule has 0 bridgehead atoms. The van der Waals surface area contributed by atoms with E-state index in [2.05, 4.69) is 4.98 Å². The maximum absolute atomic E-state index is 11.0. The average molecular weight is 231 g/mol. The Bertz CT molecular complexity index is 624. The fourth-order valence-corrected chi connectivity index (χ4v) is 1.67. The number of fused-ring (bicyclic) bond motifs is 1. The number of carboxylic acid groups (broad SMARTS) is 2. The molecule has 0 saturated heterocycles. The van der Waals surface area contributed by atoms with Gasteiger partial charge in [-0.2, -0.15) is 0 Å². The van der Waals surface area contributed by atoms with Gasteiger partial charge in [-0.05, 0) is 6.07 Å². The van der Waals surface area contributed by atoms with Gasteiger partial charge in [-0.3, -0.25) is 0 Å². The van der Waals surface area contributed by atoms with Gasteiger partial charge < -0.3 is 15.2 Å². The Morgan fingerprint density at radius 1 is 1.18 bits per heavy atom. The highest BCUT2D eigenvalue weighted by molar-refractivity contribution is 6.22. The Morgan fingerprint density at radius 3 is 2.53 bits per heavy atom. The number of aliphatic carboxylic acids is 2. The Morgan fingerprint density at radius 2 is 1.88 bits per heavy atom. The highest BCUT2D eigenvalue weighted by Crippen LogP contribution is 2.24. The van der Waals surface area contributed by atoms with Gasteiger partial charge >= 0.3 is 11.9 Å². The van der Waals surface area contributed by atoms with Crippen molar-refractivity contribution < 1.29 is 19.8 Å². The molecule has 86 valence electrons. The van der Waals surface area contributed by atoms with Crippen molar-refractivity contribution in [3.05, 3.63) is 42.1 Å². The summed E-state index contributed by atoms with van der Waals surface area (Å²) in [5, 5.41) is 18.3. The number of rotatable bonds is 3. The van der Waals surface area contributed by atoms with Crippen LogP contribution in [0.25, 0.3) is 16.5 Å². The fourth-order valence-electron chi connectivity index (χ4n) is 1.67. The minimum absolute atomic E-state index is 0.241. The van der Waals surface area contributed by atoms with E-state index in [4.69, 9.17) is 10.2 Å². The zero-order chi connectivity index (χ0) is 12.4. The summed E-state index contributed by atoms with van der Waals surface area (Å²) in [6, 6.07) is 7.10. The summed E-state index contributed by atoms with van der Waals surface area (Å²) in [5.41, 5.74) is 0.894. The van der Waals surface area contributed by atoms with Crippen molar-refractivity contribution in [1.82, 2.24) is 4.98 Å². The van der Waals surface area contributed by atoms with Crippen LogP contribution in [0.1, 0.15) is 5.56 Å². The van der Waals surface area contributed by atoms with Gasteiger partial charge in [-0.15, -0.1) is 0 Å². The molecule has 2 rings (SSSR count). The van der Waals surface area contributed by atoms with Crippen LogP contribution in [0.5, 0.6) is 0 Å². The lowest BCUT2D eigenvalue weighted by molar-refractivity contribution is -0.133. The smallest absolute Gasteiger partial charge is 0.336 e. The Balaban J connectivity index is 2.65. The molecule has 0 saturated carbocycles. The molecule has 5 nitrogen and oxygen atoms in total. The van der Waals surface area contributed by atoms with Crippen LogP contribution in [-0.2, 0) is 9.59 Å². The van der Waals surface area contributed by atoms with Gasteiger partial charge in [0.25, 0.3) is 0 Å². The first kappa shape index (κ1) is 10.9. The van der Waals surface area contributed by atoms with Crippen molar-refractivity contribution in [3.8, 4) is 0 Å². The first-order valence-electron chi connectivity index (χ1n) is 4.84. The van der Waals surface area contributed by atoms with Crippen LogP contribution in [0, 0.1) is 0 Å². The summed E-state index contributed by atoms with van der Waals surface area (Å²) in [4.78, 5) is 24.5. The van der Waals surface area contributed by atoms with E-state index >= 15 is 0 Å². The zero-order valence-corrected chi connectivity index (χ0v) is 8.68. The third-order valence-corrected chi connectivity index (χ3v) is 2.38. The van der Waals surface area contributed by atoms with Crippen LogP contribution in [0.15, 0.2) is 36.5 Å². The molecule has 0 aliphatic carbocycles. The van der Waals surface area contributed by atoms with Crippen molar-refractivity contribution in [2.75, 3.05) is 0 Å². The minimum atomic E-state index is -1.28. The molecule has 0 spiro atoms. The van der Waals surface area contributed by atoms with E-state index in [9.17, 15) is 9.59 Å². The Labute approximate surface area is 96.0 Å². The standard InChI is InChI=1S/C12H9NO4/c14-11(15)5-8(12(16)17)9-6-13-10-4-2-1-3-7(9)10/h1-6,13H,(H,14,15)(H,16,17)/b8-5-. The van der Waals surface area contributed by atoms with Crippen molar-refractivity contribution >= 4 is 28.4 Å². The molecular weight excluding hydrogens is 222 g/mol. The van der Waals surface area contributed by atoms with Crippen LogP contribution in [0.4, 0.5) is 0 Å². The number of aromatic amines is 1. The van der Waals surface area contributed by atoms with Gasteiger partial charge in [0.05, 0.1) is 5.57 Å². The van der Waals surface area contributed by atoms with Crippen LogP contribution < -0.4 is 0 Å². The number of carboxylic acids is 2. The number of hydrogen-bond acceptors (Lipinski definition) is 2. The van der Waals surface area contributed by atoms with E-state index in [0.717, 1.165) is 5.52 Å². The summed E-state index contributed by atoms with van der Waals surface area (Å²) in [6.45, 7) is 0. The molecular formula is C12H9NO4. The third-order valence-electron chi connectivity index (χ3n) is 2.38. The van der Waals surface area contributed by atoms with E-state index in [0.29, 0.717) is 17.0 Å². The number of benzene rings is 1. The summed E-state index contributed by atoms with van der Waals surface area (Å²) in [7, 11) is 0. The van der Waals surface area contributed by atoms with Crippen molar-refractivity contribution in [2.24, 2.45) is 0 Å². The van der Waals surface area contributed by atoms with Gasteiger partial charge in [0, 0.05) is 28.7 Å². The molecule has 3 N–H and O–H groups in total. The van der Waals surface area contributed by atoms with E-state index < -0.39 is 11.9 Å². The third kappa shape index (κ3) is 2.03. The summed E-state index contributed by atoms with van der Waals surface area (Å²) in [5.74, 6) is -2.55. The first-order valence-corrected chi connectivity index (χ1v) is 4.84. The molecule has 0 atom stereocenters.